The quantitative estimate of drug-likeness (QED) is 0.668. The number of halogens is 1. The second-order valence-corrected chi connectivity index (χ2v) is 6.52. The van der Waals surface area contributed by atoms with Crippen molar-refractivity contribution in [1.29, 1.82) is 0 Å². The van der Waals surface area contributed by atoms with Crippen LogP contribution in [-0.4, -0.2) is 12.9 Å². The van der Waals surface area contributed by atoms with Crippen LogP contribution in [0.3, 0.4) is 0 Å². The van der Waals surface area contributed by atoms with Gasteiger partial charge in [-0.15, -0.1) is 0 Å². The monoisotopic (exact) mass is 376 g/mol. The molecule has 1 fully saturated rings. The van der Waals surface area contributed by atoms with Crippen LogP contribution in [0.2, 0.25) is 0 Å². The van der Waals surface area contributed by atoms with Crippen LogP contribution in [0.5, 0.6) is 17.2 Å². The van der Waals surface area contributed by atoms with Crippen LogP contribution in [0.1, 0.15) is 31.7 Å². The molecule has 3 nitrogen and oxygen atoms in total. The molecule has 0 amide bonds. The molecule has 1 aliphatic heterocycles. The third kappa shape index (κ3) is 4.49. The van der Waals surface area contributed by atoms with E-state index in [1.807, 2.05) is 30.3 Å². The summed E-state index contributed by atoms with van der Waals surface area (Å²) in [6.45, 7) is 2.90. The Morgan fingerprint density at radius 1 is 1.09 bits per heavy atom. The van der Waals surface area contributed by atoms with Crippen molar-refractivity contribution >= 4 is 15.9 Å². The summed E-state index contributed by atoms with van der Waals surface area (Å²) in [7, 11) is 0. The van der Waals surface area contributed by atoms with E-state index >= 15 is 0 Å². The number of hydrogen-bond donors (Lipinski definition) is 0. The number of rotatable bonds is 5. The highest BCUT2D eigenvalue weighted by atomic mass is 79.9. The van der Waals surface area contributed by atoms with Gasteiger partial charge in [0.15, 0.2) is 17.8 Å². The highest BCUT2D eigenvalue weighted by Crippen LogP contribution is 2.35. The maximum Gasteiger partial charge on any atom is 0.200 e. The molecule has 4 heteroatoms. The van der Waals surface area contributed by atoms with Gasteiger partial charge in [-0.25, -0.2) is 0 Å². The van der Waals surface area contributed by atoms with Crippen molar-refractivity contribution in [2.75, 3.05) is 6.61 Å². The second-order valence-electron chi connectivity index (χ2n) is 5.60. The predicted molar refractivity (Wildman–Crippen MR) is 94.3 cm³/mol. The standard InChI is InChI=1S/C19H21BrO3/c1-2-14-6-9-16(10-7-14)22-18-13-15(20)8-11-17(18)23-19-5-3-4-12-21-19/h6-11,13,19H,2-5,12H2,1H3. The number of ether oxygens (including phenoxy) is 3. The summed E-state index contributed by atoms with van der Waals surface area (Å²) in [5, 5.41) is 0. The zero-order chi connectivity index (χ0) is 16.1. The molecule has 1 aliphatic rings. The second kappa shape index (κ2) is 7.84. The van der Waals surface area contributed by atoms with Crippen molar-refractivity contribution in [3.8, 4) is 17.2 Å². The van der Waals surface area contributed by atoms with Crippen molar-refractivity contribution in [3.63, 3.8) is 0 Å². The summed E-state index contributed by atoms with van der Waals surface area (Å²) < 4.78 is 18.6. The van der Waals surface area contributed by atoms with Gasteiger partial charge in [-0.2, -0.15) is 0 Å². The van der Waals surface area contributed by atoms with Gasteiger partial charge in [0.05, 0.1) is 6.61 Å². The van der Waals surface area contributed by atoms with Gasteiger partial charge in [0, 0.05) is 10.9 Å². The summed E-state index contributed by atoms with van der Waals surface area (Å²) in [5.41, 5.74) is 1.29. The van der Waals surface area contributed by atoms with Gasteiger partial charge in [-0.05, 0) is 55.2 Å². The summed E-state index contributed by atoms with van der Waals surface area (Å²) in [6, 6.07) is 13.9. The SMILES string of the molecule is CCc1ccc(Oc2cc(Br)ccc2OC2CCCCO2)cc1. The first-order valence-corrected chi connectivity index (χ1v) is 8.88. The average Bonchev–Trinajstić information content (AvgIpc) is 2.59. The Kier molecular flexibility index (Phi) is 5.57. The lowest BCUT2D eigenvalue weighted by Crippen LogP contribution is -2.25. The van der Waals surface area contributed by atoms with Crippen molar-refractivity contribution < 1.29 is 14.2 Å². The van der Waals surface area contributed by atoms with Crippen LogP contribution < -0.4 is 9.47 Å². The van der Waals surface area contributed by atoms with Crippen molar-refractivity contribution in [1.82, 2.24) is 0 Å². The Balaban J connectivity index is 1.77. The van der Waals surface area contributed by atoms with E-state index in [1.165, 1.54) is 5.56 Å². The van der Waals surface area contributed by atoms with Crippen LogP contribution >= 0.6 is 15.9 Å². The lowest BCUT2D eigenvalue weighted by molar-refractivity contribution is -0.106. The molecule has 2 aromatic rings. The number of hydrogen-bond acceptors (Lipinski definition) is 3. The Hall–Kier alpha value is -1.52. The summed E-state index contributed by atoms with van der Waals surface area (Å²) in [4.78, 5) is 0. The summed E-state index contributed by atoms with van der Waals surface area (Å²) >= 11 is 3.49. The van der Waals surface area contributed by atoms with E-state index in [-0.39, 0.29) is 6.29 Å². The maximum atomic E-state index is 6.02. The lowest BCUT2D eigenvalue weighted by Gasteiger charge is -2.24. The van der Waals surface area contributed by atoms with E-state index in [1.54, 1.807) is 0 Å². The molecule has 1 heterocycles. The van der Waals surface area contributed by atoms with Gasteiger partial charge in [0.25, 0.3) is 0 Å². The topological polar surface area (TPSA) is 27.7 Å². The molecule has 23 heavy (non-hydrogen) atoms. The van der Waals surface area contributed by atoms with Crippen molar-refractivity contribution in [2.45, 2.75) is 38.9 Å². The Morgan fingerprint density at radius 3 is 2.61 bits per heavy atom. The molecule has 0 spiro atoms. The van der Waals surface area contributed by atoms with E-state index < -0.39 is 0 Å². The van der Waals surface area contributed by atoms with E-state index in [9.17, 15) is 0 Å². The normalized spacial score (nSPS) is 17.7. The number of aryl methyl sites for hydroxylation is 1. The van der Waals surface area contributed by atoms with Crippen LogP contribution in [0, 0.1) is 0 Å². The highest BCUT2D eigenvalue weighted by Gasteiger charge is 2.18. The minimum Gasteiger partial charge on any atom is -0.461 e. The van der Waals surface area contributed by atoms with E-state index in [0.717, 1.165) is 42.5 Å². The van der Waals surface area contributed by atoms with E-state index in [0.29, 0.717) is 11.5 Å². The molecule has 122 valence electrons. The van der Waals surface area contributed by atoms with E-state index in [2.05, 4.69) is 35.0 Å². The fourth-order valence-electron chi connectivity index (χ4n) is 2.52. The summed E-state index contributed by atoms with van der Waals surface area (Å²) in [6.07, 6.45) is 3.99. The first kappa shape index (κ1) is 16.3. The van der Waals surface area contributed by atoms with Crippen LogP contribution in [-0.2, 0) is 11.2 Å². The molecule has 1 unspecified atom stereocenters. The molecular weight excluding hydrogens is 356 g/mol. The molecule has 3 rings (SSSR count). The fourth-order valence-corrected chi connectivity index (χ4v) is 2.87. The van der Waals surface area contributed by atoms with Gasteiger partial charge < -0.3 is 14.2 Å². The molecule has 0 saturated carbocycles. The zero-order valence-corrected chi connectivity index (χ0v) is 14.8. The molecular formula is C19H21BrO3. The van der Waals surface area contributed by atoms with Gasteiger partial charge in [-0.3, -0.25) is 0 Å². The minimum absolute atomic E-state index is 0.185. The molecule has 0 radical (unpaired) electrons. The molecule has 0 bridgehead atoms. The minimum atomic E-state index is -0.185. The Labute approximate surface area is 145 Å². The molecule has 1 saturated heterocycles. The molecule has 2 aromatic carbocycles. The first-order chi connectivity index (χ1) is 11.2. The van der Waals surface area contributed by atoms with Gasteiger partial charge in [0.1, 0.15) is 5.75 Å². The Bertz CT molecular complexity index is 634. The van der Waals surface area contributed by atoms with Gasteiger partial charge in [-0.1, -0.05) is 35.0 Å². The Morgan fingerprint density at radius 2 is 1.91 bits per heavy atom. The summed E-state index contributed by atoms with van der Waals surface area (Å²) in [5.74, 6) is 2.20. The highest BCUT2D eigenvalue weighted by molar-refractivity contribution is 9.10. The van der Waals surface area contributed by atoms with Crippen LogP contribution in [0.4, 0.5) is 0 Å². The molecule has 1 atom stereocenters. The average molecular weight is 377 g/mol. The largest absolute Gasteiger partial charge is 0.461 e. The van der Waals surface area contributed by atoms with Crippen LogP contribution in [0.25, 0.3) is 0 Å². The third-order valence-corrected chi connectivity index (χ3v) is 4.35. The van der Waals surface area contributed by atoms with Crippen molar-refractivity contribution in [2.24, 2.45) is 0 Å². The third-order valence-electron chi connectivity index (χ3n) is 3.86. The molecule has 0 aromatic heterocycles. The maximum absolute atomic E-state index is 6.02. The van der Waals surface area contributed by atoms with Crippen molar-refractivity contribution in [3.05, 3.63) is 52.5 Å². The lowest BCUT2D eigenvalue weighted by atomic mass is 10.2. The predicted octanol–water partition coefficient (Wildman–Crippen LogP) is 5.71. The molecule has 0 aliphatic carbocycles. The van der Waals surface area contributed by atoms with E-state index in [4.69, 9.17) is 14.2 Å². The smallest absolute Gasteiger partial charge is 0.200 e. The zero-order valence-electron chi connectivity index (χ0n) is 13.3. The number of benzene rings is 2. The van der Waals surface area contributed by atoms with Crippen LogP contribution in [0.15, 0.2) is 46.9 Å². The molecule has 0 N–H and O–H groups in total. The van der Waals surface area contributed by atoms with Gasteiger partial charge >= 0.3 is 0 Å². The van der Waals surface area contributed by atoms with Gasteiger partial charge in [0.2, 0.25) is 0 Å². The first-order valence-electron chi connectivity index (χ1n) is 8.09. The fraction of sp³-hybridized carbons (Fsp3) is 0.368.